The summed E-state index contributed by atoms with van der Waals surface area (Å²) in [5.74, 6) is 0. The van der Waals surface area contributed by atoms with E-state index >= 15 is 0 Å². The number of aryl methyl sites for hydroxylation is 1. The van der Waals surface area contributed by atoms with Crippen molar-refractivity contribution in [2.24, 2.45) is 0 Å². The predicted molar refractivity (Wildman–Crippen MR) is 36.6 cm³/mol. The van der Waals surface area contributed by atoms with Crippen molar-refractivity contribution in [2.45, 2.75) is 6.92 Å². The third-order valence-electron chi connectivity index (χ3n) is 1.22. The maximum absolute atomic E-state index is 8.55. The van der Waals surface area contributed by atoms with Gasteiger partial charge in [-0.25, -0.2) is 0 Å². The SMILES string of the molecule is Cc1ccncc1[B]O. The highest BCUT2D eigenvalue weighted by atomic mass is 16.2. The Morgan fingerprint density at radius 2 is 2.44 bits per heavy atom. The van der Waals surface area contributed by atoms with Crippen LogP contribution >= 0.6 is 0 Å². The summed E-state index contributed by atoms with van der Waals surface area (Å²) in [4.78, 5) is 3.83. The monoisotopic (exact) mass is 120 g/mol. The number of pyridine rings is 1. The largest absolute Gasteiger partial charge is 0.450 e. The van der Waals surface area contributed by atoms with Crippen LogP contribution in [0.25, 0.3) is 0 Å². The van der Waals surface area contributed by atoms with E-state index in [1.54, 1.807) is 12.4 Å². The highest BCUT2D eigenvalue weighted by Gasteiger charge is 1.94. The molecule has 0 saturated heterocycles. The van der Waals surface area contributed by atoms with Crippen molar-refractivity contribution in [1.29, 1.82) is 0 Å². The molecule has 1 aromatic rings. The van der Waals surface area contributed by atoms with Gasteiger partial charge in [0.1, 0.15) is 0 Å². The van der Waals surface area contributed by atoms with Crippen molar-refractivity contribution in [1.82, 2.24) is 4.98 Å². The maximum Gasteiger partial charge on any atom is 0.328 e. The highest BCUT2D eigenvalue weighted by molar-refractivity contribution is 6.46. The first-order chi connectivity index (χ1) is 4.34. The molecular weight excluding hydrogens is 113 g/mol. The Kier molecular flexibility index (Phi) is 1.85. The summed E-state index contributed by atoms with van der Waals surface area (Å²) < 4.78 is 0. The molecular formula is C6H7BNO. The highest BCUT2D eigenvalue weighted by Crippen LogP contribution is 1.86. The van der Waals surface area contributed by atoms with Crippen molar-refractivity contribution < 1.29 is 5.02 Å². The van der Waals surface area contributed by atoms with Crippen molar-refractivity contribution in [3.63, 3.8) is 0 Å². The molecule has 1 N–H and O–H groups in total. The van der Waals surface area contributed by atoms with Crippen LogP contribution in [-0.2, 0) is 0 Å². The Morgan fingerprint density at radius 1 is 1.67 bits per heavy atom. The third-order valence-corrected chi connectivity index (χ3v) is 1.22. The van der Waals surface area contributed by atoms with E-state index < -0.39 is 0 Å². The van der Waals surface area contributed by atoms with Crippen molar-refractivity contribution >= 4 is 12.9 Å². The molecule has 1 rings (SSSR count). The fourth-order valence-electron chi connectivity index (χ4n) is 0.611. The molecule has 3 heteroatoms. The zero-order valence-corrected chi connectivity index (χ0v) is 5.20. The zero-order valence-electron chi connectivity index (χ0n) is 5.20. The standard InChI is InChI=1S/C6H7BNO/c1-5-2-3-8-4-6(5)7-9/h2-4,9H,1H3. The van der Waals surface area contributed by atoms with E-state index in [9.17, 15) is 0 Å². The molecule has 1 heterocycles. The first kappa shape index (κ1) is 6.30. The molecule has 0 fully saturated rings. The molecule has 0 aliphatic rings. The van der Waals surface area contributed by atoms with Crippen LogP contribution in [0.1, 0.15) is 5.56 Å². The van der Waals surface area contributed by atoms with Crippen LogP contribution in [0.5, 0.6) is 0 Å². The molecule has 1 aromatic heterocycles. The smallest absolute Gasteiger partial charge is 0.328 e. The number of rotatable bonds is 1. The van der Waals surface area contributed by atoms with Crippen LogP contribution in [0.3, 0.4) is 0 Å². The van der Waals surface area contributed by atoms with Crippen LogP contribution in [0, 0.1) is 6.92 Å². The van der Waals surface area contributed by atoms with Gasteiger partial charge in [0.05, 0.1) is 0 Å². The zero-order chi connectivity index (χ0) is 6.69. The molecule has 1 radical (unpaired) electrons. The number of aromatic nitrogens is 1. The minimum atomic E-state index is 0.775. The molecule has 0 unspecified atom stereocenters. The third kappa shape index (κ3) is 1.30. The summed E-state index contributed by atoms with van der Waals surface area (Å²) in [6.07, 6.45) is 3.32. The molecule has 0 atom stereocenters. The van der Waals surface area contributed by atoms with E-state index in [1.807, 2.05) is 13.0 Å². The molecule has 0 amide bonds. The number of hydrogen-bond donors (Lipinski definition) is 1. The van der Waals surface area contributed by atoms with E-state index in [4.69, 9.17) is 5.02 Å². The van der Waals surface area contributed by atoms with Gasteiger partial charge in [-0.1, -0.05) is 5.56 Å². The number of nitrogens with zero attached hydrogens (tertiary/aromatic N) is 1. The van der Waals surface area contributed by atoms with Gasteiger partial charge < -0.3 is 5.02 Å². The quantitative estimate of drug-likeness (QED) is 0.512. The van der Waals surface area contributed by atoms with Crippen LogP contribution in [-0.4, -0.2) is 17.5 Å². The minimum absolute atomic E-state index is 0.775. The van der Waals surface area contributed by atoms with Gasteiger partial charge in [-0.05, 0) is 18.5 Å². The van der Waals surface area contributed by atoms with Gasteiger partial charge in [0.25, 0.3) is 0 Å². The summed E-state index contributed by atoms with van der Waals surface area (Å²) >= 11 is 0. The van der Waals surface area contributed by atoms with Gasteiger partial charge in [-0.15, -0.1) is 0 Å². The van der Waals surface area contributed by atoms with Crippen molar-refractivity contribution in [3.05, 3.63) is 24.0 Å². The Labute approximate surface area is 54.8 Å². The van der Waals surface area contributed by atoms with Crippen LogP contribution in [0.15, 0.2) is 18.5 Å². The Morgan fingerprint density at radius 3 is 2.89 bits per heavy atom. The normalized spacial score (nSPS) is 9.11. The van der Waals surface area contributed by atoms with Crippen LogP contribution in [0.4, 0.5) is 0 Å². The number of hydrogen-bond acceptors (Lipinski definition) is 2. The Hall–Kier alpha value is -0.825. The van der Waals surface area contributed by atoms with Gasteiger partial charge in [-0.3, -0.25) is 4.98 Å². The second-order valence-electron chi connectivity index (χ2n) is 1.86. The first-order valence-corrected chi connectivity index (χ1v) is 2.72. The molecule has 0 aliphatic carbocycles. The van der Waals surface area contributed by atoms with E-state index in [1.165, 1.54) is 0 Å². The minimum Gasteiger partial charge on any atom is -0.450 e. The molecule has 0 bridgehead atoms. The van der Waals surface area contributed by atoms with E-state index in [-0.39, 0.29) is 0 Å². The fourth-order valence-corrected chi connectivity index (χ4v) is 0.611. The van der Waals surface area contributed by atoms with Crippen molar-refractivity contribution in [2.75, 3.05) is 0 Å². The van der Waals surface area contributed by atoms with Gasteiger partial charge in [0.15, 0.2) is 0 Å². The molecule has 45 valence electrons. The van der Waals surface area contributed by atoms with E-state index in [2.05, 4.69) is 4.98 Å². The topological polar surface area (TPSA) is 33.1 Å². The lowest BCUT2D eigenvalue weighted by Crippen LogP contribution is -2.16. The molecule has 0 saturated carbocycles. The first-order valence-electron chi connectivity index (χ1n) is 2.72. The molecule has 0 aromatic carbocycles. The average molecular weight is 120 g/mol. The van der Waals surface area contributed by atoms with E-state index in [0.29, 0.717) is 0 Å². The summed E-state index contributed by atoms with van der Waals surface area (Å²) in [7, 11) is 1.06. The van der Waals surface area contributed by atoms with Crippen LogP contribution in [0.2, 0.25) is 0 Å². The molecule has 0 spiro atoms. The second kappa shape index (κ2) is 2.64. The molecule has 2 nitrogen and oxygen atoms in total. The van der Waals surface area contributed by atoms with Gasteiger partial charge >= 0.3 is 7.48 Å². The summed E-state index contributed by atoms with van der Waals surface area (Å²) in [5.41, 5.74) is 1.81. The average Bonchev–Trinajstić information content (AvgIpc) is 1.89. The Bertz CT molecular complexity index is 202. The maximum atomic E-state index is 8.55. The Balaban J connectivity index is 3.01. The summed E-state index contributed by atoms with van der Waals surface area (Å²) in [5, 5.41) is 8.55. The fraction of sp³-hybridized carbons (Fsp3) is 0.167. The van der Waals surface area contributed by atoms with Gasteiger partial charge in [0, 0.05) is 12.4 Å². The summed E-state index contributed by atoms with van der Waals surface area (Å²) in [6.45, 7) is 1.92. The predicted octanol–water partition coefficient (Wildman–Crippen LogP) is -0.373. The van der Waals surface area contributed by atoms with Gasteiger partial charge in [-0.2, -0.15) is 0 Å². The van der Waals surface area contributed by atoms with Crippen LogP contribution < -0.4 is 5.46 Å². The summed E-state index contributed by atoms with van der Waals surface area (Å²) in [6, 6.07) is 1.85. The van der Waals surface area contributed by atoms with Crippen molar-refractivity contribution in [3.8, 4) is 0 Å². The van der Waals surface area contributed by atoms with E-state index in [0.717, 1.165) is 18.5 Å². The lowest BCUT2D eigenvalue weighted by Gasteiger charge is -1.95. The molecule has 9 heavy (non-hydrogen) atoms. The lowest BCUT2D eigenvalue weighted by molar-refractivity contribution is 0.615. The van der Waals surface area contributed by atoms with Gasteiger partial charge in [0.2, 0.25) is 0 Å². The second-order valence-corrected chi connectivity index (χ2v) is 1.86. The molecule has 0 aliphatic heterocycles. The lowest BCUT2D eigenvalue weighted by atomic mass is 9.87.